The van der Waals surface area contributed by atoms with E-state index in [1.807, 2.05) is 0 Å². The predicted molar refractivity (Wildman–Crippen MR) is 72.4 cm³/mol. The molecule has 0 radical (unpaired) electrons. The number of anilines is 1. The number of nitrogens with zero attached hydrogens (tertiary/aromatic N) is 3. The minimum atomic E-state index is -0.276. The van der Waals surface area contributed by atoms with Gasteiger partial charge in [0.05, 0.1) is 16.3 Å². The first-order valence-corrected chi connectivity index (χ1v) is 5.98. The van der Waals surface area contributed by atoms with Gasteiger partial charge in [-0.25, -0.2) is 9.50 Å². The molecule has 2 aromatic heterocycles. The third kappa shape index (κ3) is 2.15. The summed E-state index contributed by atoms with van der Waals surface area (Å²) in [5, 5.41) is 7.20. The average molecular weight is 273 g/mol. The number of aromatic nitrogens is 3. The van der Waals surface area contributed by atoms with Gasteiger partial charge in [-0.3, -0.25) is 4.79 Å². The number of carbonyl (C=O) groups is 1. The smallest absolute Gasteiger partial charge is 0.257 e. The fourth-order valence-corrected chi connectivity index (χ4v) is 2.00. The third-order valence-corrected chi connectivity index (χ3v) is 3.00. The van der Waals surface area contributed by atoms with Crippen molar-refractivity contribution in [1.82, 2.24) is 14.6 Å². The molecule has 0 aliphatic heterocycles. The Kier molecular flexibility index (Phi) is 2.89. The van der Waals surface area contributed by atoms with Gasteiger partial charge >= 0.3 is 0 Å². The summed E-state index contributed by atoms with van der Waals surface area (Å²) in [6, 6.07) is 10.4. The van der Waals surface area contributed by atoms with Crippen molar-refractivity contribution in [2.75, 3.05) is 5.32 Å². The maximum absolute atomic E-state index is 12.1. The van der Waals surface area contributed by atoms with Gasteiger partial charge in [-0.1, -0.05) is 23.7 Å². The summed E-state index contributed by atoms with van der Waals surface area (Å²) in [5.74, 6) is -0.276. The molecule has 19 heavy (non-hydrogen) atoms. The van der Waals surface area contributed by atoms with Gasteiger partial charge in [-0.15, -0.1) is 0 Å². The van der Waals surface area contributed by atoms with Crippen molar-refractivity contribution >= 4 is 28.8 Å². The Morgan fingerprint density at radius 3 is 2.89 bits per heavy atom. The molecule has 0 saturated heterocycles. The Hall–Kier alpha value is -2.40. The van der Waals surface area contributed by atoms with E-state index in [1.165, 1.54) is 6.33 Å². The molecule has 6 heteroatoms. The molecule has 0 fully saturated rings. The SMILES string of the molecule is O=C(Nc1cccn2ncnc12)c1ccccc1Cl. The van der Waals surface area contributed by atoms with Crippen LogP contribution in [0.2, 0.25) is 5.02 Å². The number of hydrogen-bond acceptors (Lipinski definition) is 3. The molecule has 0 atom stereocenters. The van der Waals surface area contributed by atoms with E-state index >= 15 is 0 Å². The summed E-state index contributed by atoms with van der Waals surface area (Å²) >= 11 is 5.99. The molecule has 1 N–H and O–H groups in total. The molecule has 0 spiro atoms. The fraction of sp³-hybridized carbons (Fsp3) is 0. The second-order valence-corrected chi connectivity index (χ2v) is 4.29. The van der Waals surface area contributed by atoms with E-state index in [0.717, 1.165) is 0 Å². The molecule has 3 aromatic rings. The first-order chi connectivity index (χ1) is 9.25. The molecule has 0 unspecified atom stereocenters. The van der Waals surface area contributed by atoms with Crippen LogP contribution in [-0.2, 0) is 0 Å². The summed E-state index contributed by atoms with van der Waals surface area (Å²) in [4.78, 5) is 16.2. The molecule has 0 bridgehead atoms. The zero-order valence-corrected chi connectivity index (χ0v) is 10.5. The normalized spacial score (nSPS) is 10.6. The number of amides is 1. The van der Waals surface area contributed by atoms with E-state index in [0.29, 0.717) is 21.9 Å². The van der Waals surface area contributed by atoms with Gasteiger partial charge < -0.3 is 5.32 Å². The van der Waals surface area contributed by atoms with Crippen LogP contribution in [0.3, 0.4) is 0 Å². The van der Waals surface area contributed by atoms with Gasteiger partial charge in [0, 0.05) is 6.20 Å². The molecule has 0 aliphatic carbocycles. The number of halogens is 1. The van der Waals surface area contributed by atoms with Crippen LogP contribution in [0.1, 0.15) is 10.4 Å². The van der Waals surface area contributed by atoms with E-state index in [9.17, 15) is 4.79 Å². The topological polar surface area (TPSA) is 59.3 Å². The minimum Gasteiger partial charge on any atom is -0.319 e. The Morgan fingerprint density at radius 2 is 2.05 bits per heavy atom. The highest BCUT2D eigenvalue weighted by atomic mass is 35.5. The number of nitrogens with one attached hydrogen (secondary N) is 1. The van der Waals surface area contributed by atoms with Crippen molar-refractivity contribution in [3.63, 3.8) is 0 Å². The standard InChI is InChI=1S/C13H9ClN4O/c14-10-5-2-1-4-9(10)13(19)17-11-6-3-7-18-12(11)15-8-16-18/h1-8H,(H,17,19). The van der Waals surface area contributed by atoms with Gasteiger partial charge in [-0.05, 0) is 24.3 Å². The highest BCUT2D eigenvalue weighted by Gasteiger charge is 2.12. The van der Waals surface area contributed by atoms with Crippen LogP contribution in [0.15, 0.2) is 48.9 Å². The van der Waals surface area contributed by atoms with E-state index < -0.39 is 0 Å². The lowest BCUT2D eigenvalue weighted by molar-refractivity contribution is 0.102. The zero-order valence-electron chi connectivity index (χ0n) is 9.75. The number of carbonyl (C=O) groups excluding carboxylic acids is 1. The van der Waals surface area contributed by atoms with Gasteiger partial charge in [0.25, 0.3) is 5.91 Å². The summed E-state index contributed by atoms with van der Waals surface area (Å²) < 4.78 is 1.59. The van der Waals surface area contributed by atoms with E-state index in [1.54, 1.807) is 47.1 Å². The molecule has 94 valence electrons. The summed E-state index contributed by atoms with van der Waals surface area (Å²) in [6.45, 7) is 0. The highest BCUT2D eigenvalue weighted by molar-refractivity contribution is 6.34. The van der Waals surface area contributed by atoms with Crippen molar-refractivity contribution in [2.24, 2.45) is 0 Å². The van der Waals surface area contributed by atoms with E-state index in [2.05, 4.69) is 15.4 Å². The number of hydrogen-bond donors (Lipinski definition) is 1. The second kappa shape index (κ2) is 4.70. The molecular weight excluding hydrogens is 264 g/mol. The Bertz CT molecular complexity index is 753. The summed E-state index contributed by atoms with van der Waals surface area (Å²) in [5.41, 5.74) is 1.60. The van der Waals surface area contributed by atoms with Gasteiger partial charge in [0.1, 0.15) is 6.33 Å². The van der Waals surface area contributed by atoms with Crippen molar-refractivity contribution in [3.8, 4) is 0 Å². The molecular formula is C13H9ClN4O. The van der Waals surface area contributed by atoms with Crippen molar-refractivity contribution in [1.29, 1.82) is 0 Å². The van der Waals surface area contributed by atoms with Crippen LogP contribution >= 0.6 is 11.6 Å². The monoisotopic (exact) mass is 272 g/mol. The number of benzene rings is 1. The average Bonchev–Trinajstić information content (AvgIpc) is 2.88. The Labute approximate surface area is 113 Å². The zero-order chi connectivity index (χ0) is 13.2. The number of rotatable bonds is 2. The second-order valence-electron chi connectivity index (χ2n) is 3.88. The van der Waals surface area contributed by atoms with Crippen LogP contribution in [0.5, 0.6) is 0 Å². The van der Waals surface area contributed by atoms with Crippen LogP contribution < -0.4 is 5.32 Å². The Balaban J connectivity index is 1.95. The lowest BCUT2D eigenvalue weighted by Gasteiger charge is -2.07. The maximum atomic E-state index is 12.1. The van der Waals surface area contributed by atoms with Crippen LogP contribution in [0.4, 0.5) is 5.69 Å². The molecule has 3 rings (SSSR count). The molecule has 1 aromatic carbocycles. The van der Waals surface area contributed by atoms with E-state index in [4.69, 9.17) is 11.6 Å². The highest BCUT2D eigenvalue weighted by Crippen LogP contribution is 2.19. The molecule has 0 saturated carbocycles. The van der Waals surface area contributed by atoms with Gasteiger partial charge in [-0.2, -0.15) is 5.10 Å². The third-order valence-electron chi connectivity index (χ3n) is 2.67. The van der Waals surface area contributed by atoms with Crippen LogP contribution in [0.25, 0.3) is 5.65 Å². The molecule has 5 nitrogen and oxygen atoms in total. The largest absolute Gasteiger partial charge is 0.319 e. The predicted octanol–water partition coefficient (Wildman–Crippen LogP) is 2.64. The van der Waals surface area contributed by atoms with Crippen LogP contribution in [-0.4, -0.2) is 20.5 Å². The first-order valence-electron chi connectivity index (χ1n) is 5.60. The van der Waals surface area contributed by atoms with Crippen molar-refractivity contribution < 1.29 is 4.79 Å². The first kappa shape index (κ1) is 11.7. The maximum Gasteiger partial charge on any atom is 0.257 e. The summed E-state index contributed by atoms with van der Waals surface area (Å²) in [6.07, 6.45) is 3.19. The Morgan fingerprint density at radius 1 is 1.21 bits per heavy atom. The fourth-order valence-electron chi connectivity index (χ4n) is 1.78. The lowest BCUT2D eigenvalue weighted by Crippen LogP contribution is -2.13. The van der Waals surface area contributed by atoms with Crippen molar-refractivity contribution in [3.05, 3.63) is 59.5 Å². The molecule has 1 amide bonds. The minimum absolute atomic E-state index is 0.276. The number of pyridine rings is 1. The van der Waals surface area contributed by atoms with E-state index in [-0.39, 0.29) is 5.91 Å². The van der Waals surface area contributed by atoms with Gasteiger partial charge in [0.2, 0.25) is 0 Å². The van der Waals surface area contributed by atoms with Crippen molar-refractivity contribution in [2.45, 2.75) is 0 Å². The molecule has 0 aliphatic rings. The lowest BCUT2D eigenvalue weighted by atomic mass is 10.2. The summed E-state index contributed by atoms with van der Waals surface area (Å²) in [7, 11) is 0. The van der Waals surface area contributed by atoms with Crippen LogP contribution in [0, 0.1) is 0 Å². The van der Waals surface area contributed by atoms with Gasteiger partial charge in [0.15, 0.2) is 5.65 Å². The quantitative estimate of drug-likeness (QED) is 0.780. The molecule has 2 heterocycles. The number of fused-ring (bicyclic) bond motifs is 1.